The Kier molecular flexibility index (Phi) is 6.14. The maximum atomic E-state index is 13.0. The highest BCUT2D eigenvalue weighted by molar-refractivity contribution is 6.30. The second-order valence-electron chi connectivity index (χ2n) is 7.02. The van der Waals surface area contributed by atoms with Gasteiger partial charge in [0.2, 0.25) is 0 Å². The normalized spacial score (nSPS) is 10.8. The van der Waals surface area contributed by atoms with Crippen LogP contribution in [0.1, 0.15) is 15.9 Å². The van der Waals surface area contributed by atoms with E-state index in [-0.39, 0.29) is 28.5 Å². The molecule has 33 heavy (non-hydrogen) atoms. The standard InChI is InChI=1S/C23H19ClN4O5/c1-32-18-9-10-19(27-21(18)33-2)28-22(30)16-8-5-14(11-17(16)26-23(28)31)20(29)25-12-13-3-6-15(24)7-4-13/h3-11H,12H2,1-2H3,(H,25,29)(H,26,31). The number of aromatic amines is 1. The van der Waals surface area contributed by atoms with E-state index in [4.69, 9.17) is 21.1 Å². The molecule has 0 saturated carbocycles. The van der Waals surface area contributed by atoms with Gasteiger partial charge in [0.05, 0.1) is 25.1 Å². The summed E-state index contributed by atoms with van der Waals surface area (Å²) < 4.78 is 11.2. The van der Waals surface area contributed by atoms with Crippen molar-refractivity contribution in [1.29, 1.82) is 0 Å². The van der Waals surface area contributed by atoms with Crippen molar-refractivity contribution in [3.05, 3.63) is 91.6 Å². The fourth-order valence-electron chi connectivity index (χ4n) is 3.30. The smallest absolute Gasteiger partial charge is 0.334 e. The maximum Gasteiger partial charge on any atom is 0.334 e. The Bertz CT molecular complexity index is 1460. The van der Waals surface area contributed by atoms with E-state index < -0.39 is 11.2 Å². The zero-order chi connectivity index (χ0) is 23.5. The number of halogens is 1. The molecule has 0 spiro atoms. The summed E-state index contributed by atoms with van der Waals surface area (Å²) in [6.07, 6.45) is 0. The van der Waals surface area contributed by atoms with E-state index in [0.29, 0.717) is 22.9 Å². The first-order valence-electron chi connectivity index (χ1n) is 9.82. The number of carbonyl (C=O) groups excluding carboxylic acids is 1. The quantitative estimate of drug-likeness (QED) is 0.451. The minimum atomic E-state index is -0.703. The monoisotopic (exact) mass is 466 g/mol. The number of carbonyl (C=O) groups is 1. The van der Waals surface area contributed by atoms with Crippen LogP contribution in [0.25, 0.3) is 16.7 Å². The number of amides is 1. The minimum Gasteiger partial charge on any atom is -0.491 e. The summed E-state index contributed by atoms with van der Waals surface area (Å²) >= 11 is 5.87. The summed E-state index contributed by atoms with van der Waals surface area (Å²) in [5.41, 5.74) is 0.133. The predicted octanol–water partition coefficient (Wildman–Crippen LogP) is 2.67. The van der Waals surface area contributed by atoms with Crippen LogP contribution in [0.4, 0.5) is 0 Å². The van der Waals surface area contributed by atoms with Gasteiger partial charge >= 0.3 is 5.69 Å². The van der Waals surface area contributed by atoms with Crippen molar-refractivity contribution in [2.75, 3.05) is 14.2 Å². The SMILES string of the molecule is COc1ccc(-n2c(=O)[nH]c3cc(C(=O)NCc4ccc(Cl)cc4)ccc3c2=O)nc1OC. The molecule has 0 aliphatic carbocycles. The molecule has 0 aliphatic heterocycles. The highest BCUT2D eigenvalue weighted by atomic mass is 35.5. The van der Waals surface area contributed by atoms with Crippen LogP contribution in [0.3, 0.4) is 0 Å². The molecular formula is C23H19ClN4O5. The number of ether oxygens (including phenoxy) is 2. The van der Waals surface area contributed by atoms with Gasteiger partial charge in [-0.1, -0.05) is 23.7 Å². The van der Waals surface area contributed by atoms with E-state index >= 15 is 0 Å². The lowest BCUT2D eigenvalue weighted by Gasteiger charge is -2.10. The summed E-state index contributed by atoms with van der Waals surface area (Å²) in [7, 11) is 2.86. The molecule has 2 heterocycles. The number of rotatable bonds is 6. The number of nitrogens with zero attached hydrogens (tertiary/aromatic N) is 2. The number of H-pyrrole nitrogens is 1. The first kappa shape index (κ1) is 22.1. The van der Waals surface area contributed by atoms with Gasteiger partial charge < -0.3 is 19.8 Å². The Labute approximate surface area is 192 Å². The first-order chi connectivity index (χ1) is 15.9. The van der Waals surface area contributed by atoms with Crippen molar-refractivity contribution in [2.45, 2.75) is 6.54 Å². The largest absolute Gasteiger partial charge is 0.491 e. The molecule has 0 radical (unpaired) electrons. The number of hydrogen-bond donors (Lipinski definition) is 2. The summed E-state index contributed by atoms with van der Waals surface area (Å²) in [5, 5.41) is 3.63. The van der Waals surface area contributed by atoms with Crippen LogP contribution in [0, 0.1) is 0 Å². The summed E-state index contributed by atoms with van der Waals surface area (Å²) in [6, 6.07) is 14.6. The lowest BCUT2D eigenvalue weighted by Crippen LogP contribution is -2.34. The van der Waals surface area contributed by atoms with Gasteiger partial charge in [0.15, 0.2) is 5.75 Å². The molecule has 2 aromatic carbocycles. The van der Waals surface area contributed by atoms with Crippen molar-refractivity contribution in [3.63, 3.8) is 0 Å². The Hall–Kier alpha value is -4.11. The van der Waals surface area contributed by atoms with E-state index in [0.717, 1.165) is 10.1 Å². The number of hydrogen-bond acceptors (Lipinski definition) is 6. The predicted molar refractivity (Wildman–Crippen MR) is 124 cm³/mol. The van der Waals surface area contributed by atoms with Crippen LogP contribution in [-0.2, 0) is 6.54 Å². The van der Waals surface area contributed by atoms with Crippen molar-refractivity contribution >= 4 is 28.4 Å². The molecule has 4 rings (SSSR count). The van der Waals surface area contributed by atoms with Crippen LogP contribution in [0.15, 0.2) is 64.2 Å². The van der Waals surface area contributed by atoms with Crippen molar-refractivity contribution in [3.8, 4) is 17.4 Å². The fraction of sp³-hybridized carbons (Fsp3) is 0.130. The molecule has 10 heteroatoms. The molecule has 0 bridgehead atoms. The third-order valence-electron chi connectivity index (χ3n) is 4.98. The van der Waals surface area contributed by atoms with Gasteiger partial charge in [-0.15, -0.1) is 0 Å². The van der Waals surface area contributed by atoms with Gasteiger partial charge in [-0.25, -0.2) is 9.36 Å². The van der Waals surface area contributed by atoms with Gasteiger partial charge in [-0.05, 0) is 48.0 Å². The zero-order valence-electron chi connectivity index (χ0n) is 17.7. The molecule has 0 saturated heterocycles. The molecule has 0 fully saturated rings. The maximum absolute atomic E-state index is 13.0. The van der Waals surface area contributed by atoms with Gasteiger partial charge in [0, 0.05) is 17.1 Å². The topological polar surface area (TPSA) is 115 Å². The highest BCUT2D eigenvalue weighted by Gasteiger charge is 2.15. The molecule has 9 nitrogen and oxygen atoms in total. The number of pyridine rings is 1. The summed E-state index contributed by atoms with van der Waals surface area (Å²) in [4.78, 5) is 45.2. The average Bonchev–Trinajstić information content (AvgIpc) is 2.83. The number of methoxy groups -OCH3 is 2. The summed E-state index contributed by atoms with van der Waals surface area (Å²) in [5.74, 6) is 0.221. The van der Waals surface area contributed by atoms with Crippen LogP contribution >= 0.6 is 11.6 Å². The third kappa shape index (κ3) is 4.44. The fourth-order valence-corrected chi connectivity index (χ4v) is 3.42. The number of nitrogens with one attached hydrogen (secondary N) is 2. The van der Waals surface area contributed by atoms with E-state index in [1.54, 1.807) is 18.2 Å². The van der Waals surface area contributed by atoms with E-state index in [2.05, 4.69) is 15.3 Å². The van der Waals surface area contributed by atoms with E-state index in [1.807, 2.05) is 12.1 Å². The molecule has 2 N–H and O–H groups in total. The van der Waals surface area contributed by atoms with E-state index in [1.165, 1.54) is 38.5 Å². The van der Waals surface area contributed by atoms with Crippen LogP contribution in [0.5, 0.6) is 11.6 Å². The molecule has 1 amide bonds. The lowest BCUT2D eigenvalue weighted by atomic mass is 10.1. The van der Waals surface area contributed by atoms with Gasteiger partial charge in [0.1, 0.15) is 5.82 Å². The molecule has 168 valence electrons. The van der Waals surface area contributed by atoms with Gasteiger partial charge in [-0.2, -0.15) is 4.98 Å². The Balaban J connectivity index is 1.66. The van der Waals surface area contributed by atoms with E-state index in [9.17, 15) is 14.4 Å². The lowest BCUT2D eigenvalue weighted by molar-refractivity contribution is 0.0951. The number of aromatic nitrogens is 3. The highest BCUT2D eigenvalue weighted by Crippen LogP contribution is 2.24. The number of benzene rings is 2. The zero-order valence-corrected chi connectivity index (χ0v) is 18.5. The summed E-state index contributed by atoms with van der Waals surface area (Å²) in [6.45, 7) is 0.303. The second-order valence-corrected chi connectivity index (χ2v) is 7.46. The molecule has 4 aromatic rings. The molecular weight excluding hydrogens is 448 g/mol. The van der Waals surface area contributed by atoms with Crippen molar-refractivity contribution in [2.24, 2.45) is 0 Å². The molecule has 0 unspecified atom stereocenters. The Morgan fingerprint density at radius 2 is 1.82 bits per heavy atom. The van der Waals surface area contributed by atoms with Gasteiger partial charge in [-0.3, -0.25) is 9.59 Å². The third-order valence-corrected chi connectivity index (χ3v) is 5.23. The van der Waals surface area contributed by atoms with Crippen molar-refractivity contribution < 1.29 is 14.3 Å². The van der Waals surface area contributed by atoms with Gasteiger partial charge in [0.25, 0.3) is 17.3 Å². The first-order valence-corrected chi connectivity index (χ1v) is 10.2. The van der Waals surface area contributed by atoms with Crippen LogP contribution in [-0.4, -0.2) is 34.7 Å². The number of fused-ring (bicyclic) bond motifs is 1. The minimum absolute atomic E-state index is 0.0746. The van der Waals surface area contributed by atoms with Crippen molar-refractivity contribution in [1.82, 2.24) is 19.9 Å². The van der Waals surface area contributed by atoms with Crippen LogP contribution in [0.2, 0.25) is 5.02 Å². The molecule has 0 atom stereocenters. The molecule has 0 aliphatic rings. The molecule has 2 aromatic heterocycles. The van der Waals surface area contributed by atoms with Crippen LogP contribution < -0.4 is 26.0 Å². The Morgan fingerprint density at radius 1 is 1.06 bits per heavy atom. The Morgan fingerprint density at radius 3 is 2.52 bits per heavy atom. The second kappa shape index (κ2) is 9.17. The average molecular weight is 467 g/mol.